The average molecular weight is 365 g/mol. The van der Waals surface area contributed by atoms with E-state index in [0.717, 1.165) is 5.56 Å². The Bertz CT molecular complexity index is 625. The van der Waals surface area contributed by atoms with E-state index in [1.165, 1.54) is 0 Å². The lowest BCUT2D eigenvalue weighted by Gasteiger charge is -2.19. The quantitative estimate of drug-likeness (QED) is 0.596. The van der Waals surface area contributed by atoms with Gasteiger partial charge >= 0.3 is 6.09 Å². The zero-order chi connectivity index (χ0) is 19.6. The number of carbonyl (C=O) groups is 3. The minimum absolute atomic E-state index is 0.153. The summed E-state index contributed by atoms with van der Waals surface area (Å²) in [4.78, 5) is 34.9. The van der Waals surface area contributed by atoms with Gasteiger partial charge < -0.3 is 25.4 Å². The lowest BCUT2D eigenvalue weighted by molar-refractivity contribution is -0.122. The molecule has 0 radical (unpaired) electrons. The number of rotatable bonds is 8. The molecule has 8 heteroatoms. The van der Waals surface area contributed by atoms with Crippen LogP contribution in [0.1, 0.15) is 26.3 Å². The van der Waals surface area contributed by atoms with E-state index in [9.17, 15) is 14.4 Å². The Kier molecular flexibility index (Phi) is 8.41. The van der Waals surface area contributed by atoms with E-state index in [-0.39, 0.29) is 31.3 Å². The Hall–Kier alpha value is -2.77. The summed E-state index contributed by atoms with van der Waals surface area (Å²) in [5.41, 5.74) is 0.223. The second-order valence-corrected chi connectivity index (χ2v) is 6.58. The highest BCUT2D eigenvalue weighted by Crippen LogP contribution is 2.12. The minimum Gasteiger partial charge on any atom is -0.497 e. The van der Waals surface area contributed by atoms with Crippen molar-refractivity contribution < 1.29 is 23.9 Å². The summed E-state index contributed by atoms with van der Waals surface area (Å²) < 4.78 is 10.1. The first-order valence-electron chi connectivity index (χ1n) is 8.33. The van der Waals surface area contributed by atoms with Gasteiger partial charge in [-0.2, -0.15) is 0 Å². The van der Waals surface area contributed by atoms with E-state index in [2.05, 4.69) is 16.0 Å². The fraction of sp³-hybridized carbons (Fsp3) is 0.500. The Morgan fingerprint density at radius 1 is 1.00 bits per heavy atom. The van der Waals surface area contributed by atoms with Crippen LogP contribution in [-0.4, -0.2) is 50.3 Å². The molecule has 1 rings (SSSR count). The molecule has 0 fully saturated rings. The third kappa shape index (κ3) is 9.51. The molecule has 1 aromatic carbocycles. The van der Waals surface area contributed by atoms with Gasteiger partial charge in [-0.3, -0.25) is 9.59 Å². The molecule has 0 spiro atoms. The molecule has 0 aliphatic rings. The summed E-state index contributed by atoms with van der Waals surface area (Å²) in [6.45, 7) is 5.58. The summed E-state index contributed by atoms with van der Waals surface area (Å²) in [6.07, 6.45) is -0.426. The molecule has 0 saturated carbocycles. The largest absolute Gasteiger partial charge is 0.497 e. The van der Waals surface area contributed by atoms with Gasteiger partial charge in [-0.15, -0.1) is 0 Å². The topological polar surface area (TPSA) is 106 Å². The molecule has 3 amide bonds. The van der Waals surface area contributed by atoms with Crippen LogP contribution in [0.4, 0.5) is 4.79 Å². The molecular formula is C18H27N3O5. The Labute approximate surface area is 153 Å². The highest BCUT2D eigenvalue weighted by molar-refractivity contribution is 5.82. The van der Waals surface area contributed by atoms with Crippen LogP contribution >= 0.6 is 0 Å². The summed E-state index contributed by atoms with van der Waals surface area (Å²) in [7, 11) is 1.57. The van der Waals surface area contributed by atoms with Crippen LogP contribution in [0.3, 0.4) is 0 Å². The molecule has 3 N–H and O–H groups in total. The molecule has 26 heavy (non-hydrogen) atoms. The van der Waals surface area contributed by atoms with Gasteiger partial charge in [0.2, 0.25) is 11.8 Å². The molecule has 0 heterocycles. The van der Waals surface area contributed by atoms with Gasteiger partial charge in [0.05, 0.1) is 20.1 Å². The fourth-order valence-electron chi connectivity index (χ4n) is 1.96. The van der Waals surface area contributed by atoms with Crippen molar-refractivity contribution in [2.75, 3.05) is 26.7 Å². The molecule has 0 aliphatic carbocycles. The molecule has 0 aliphatic heterocycles. The Balaban J connectivity index is 2.18. The molecule has 0 saturated heterocycles. The van der Waals surface area contributed by atoms with Crippen LogP contribution in [0.2, 0.25) is 0 Å². The van der Waals surface area contributed by atoms with Crippen LogP contribution in [-0.2, 0) is 20.7 Å². The van der Waals surface area contributed by atoms with E-state index in [0.29, 0.717) is 12.3 Å². The molecule has 8 nitrogen and oxygen atoms in total. The number of benzene rings is 1. The maximum atomic E-state index is 11.9. The molecule has 0 atom stereocenters. The highest BCUT2D eigenvalue weighted by atomic mass is 16.6. The predicted octanol–water partition coefficient (Wildman–Crippen LogP) is 0.995. The minimum atomic E-state index is -0.653. The summed E-state index contributed by atoms with van der Waals surface area (Å²) in [6, 6.07) is 7.26. The van der Waals surface area contributed by atoms with Crippen molar-refractivity contribution in [1.82, 2.24) is 16.0 Å². The zero-order valence-electron chi connectivity index (χ0n) is 15.7. The number of methoxy groups -OCH3 is 1. The van der Waals surface area contributed by atoms with Crippen LogP contribution in [0.5, 0.6) is 5.75 Å². The van der Waals surface area contributed by atoms with Gasteiger partial charge in [0, 0.05) is 13.1 Å². The zero-order valence-corrected chi connectivity index (χ0v) is 15.7. The summed E-state index contributed by atoms with van der Waals surface area (Å²) in [5, 5.41) is 7.67. The van der Waals surface area contributed by atoms with Crippen molar-refractivity contribution >= 4 is 17.9 Å². The fourth-order valence-corrected chi connectivity index (χ4v) is 1.96. The second-order valence-electron chi connectivity index (χ2n) is 6.58. The van der Waals surface area contributed by atoms with Crippen LogP contribution in [0, 0.1) is 0 Å². The van der Waals surface area contributed by atoms with E-state index in [1.54, 1.807) is 33.9 Å². The van der Waals surface area contributed by atoms with Crippen molar-refractivity contribution in [3.05, 3.63) is 29.8 Å². The first kappa shape index (κ1) is 21.3. The van der Waals surface area contributed by atoms with Crippen molar-refractivity contribution in [1.29, 1.82) is 0 Å². The first-order valence-corrected chi connectivity index (χ1v) is 8.33. The van der Waals surface area contributed by atoms with Crippen molar-refractivity contribution in [3.63, 3.8) is 0 Å². The van der Waals surface area contributed by atoms with Gasteiger partial charge in [-0.1, -0.05) is 12.1 Å². The van der Waals surface area contributed by atoms with E-state index in [4.69, 9.17) is 9.47 Å². The lowest BCUT2D eigenvalue weighted by atomic mass is 10.1. The van der Waals surface area contributed by atoms with Crippen molar-refractivity contribution in [2.24, 2.45) is 0 Å². The Morgan fingerprint density at radius 2 is 1.65 bits per heavy atom. The number of alkyl carbamates (subject to hydrolysis) is 1. The predicted molar refractivity (Wildman–Crippen MR) is 97.0 cm³/mol. The van der Waals surface area contributed by atoms with Gasteiger partial charge in [-0.05, 0) is 38.5 Å². The monoisotopic (exact) mass is 365 g/mol. The van der Waals surface area contributed by atoms with Crippen molar-refractivity contribution in [2.45, 2.75) is 32.8 Å². The van der Waals surface area contributed by atoms with E-state index < -0.39 is 11.7 Å². The summed E-state index contributed by atoms with van der Waals surface area (Å²) in [5.74, 6) is 0.178. The number of nitrogens with one attached hydrogen (secondary N) is 3. The Morgan fingerprint density at radius 3 is 2.27 bits per heavy atom. The van der Waals surface area contributed by atoms with E-state index >= 15 is 0 Å². The normalized spacial score (nSPS) is 10.6. The third-order valence-electron chi connectivity index (χ3n) is 3.06. The van der Waals surface area contributed by atoms with Crippen LogP contribution < -0.4 is 20.7 Å². The standard InChI is InChI=1S/C18H27N3O5/c1-18(2,3)26-17(24)21-12-16(23)20-9-8-19-15(22)11-13-6-5-7-14(10-13)25-4/h5-7,10H,8-9,11-12H2,1-4H3,(H,19,22)(H,20,23)(H,21,24). The lowest BCUT2D eigenvalue weighted by Crippen LogP contribution is -2.42. The smallest absolute Gasteiger partial charge is 0.408 e. The van der Waals surface area contributed by atoms with Crippen molar-refractivity contribution in [3.8, 4) is 5.75 Å². The van der Waals surface area contributed by atoms with Gasteiger partial charge in [0.25, 0.3) is 0 Å². The third-order valence-corrected chi connectivity index (χ3v) is 3.06. The van der Waals surface area contributed by atoms with Crippen LogP contribution in [0.15, 0.2) is 24.3 Å². The van der Waals surface area contributed by atoms with E-state index in [1.807, 2.05) is 18.2 Å². The number of hydrogen-bond acceptors (Lipinski definition) is 5. The first-order chi connectivity index (χ1) is 12.2. The maximum Gasteiger partial charge on any atom is 0.408 e. The molecule has 144 valence electrons. The van der Waals surface area contributed by atoms with Crippen LogP contribution in [0.25, 0.3) is 0 Å². The maximum absolute atomic E-state index is 11.9. The summed E-state index contributed by atoms with van der Waals surface area (Å²) >= 11 is 0. The molecule has 0 unspecified atom stereocenters. The SMILES string of the molecule is COc1cccc(CC(=O)NCCNC(=O)CNC(=O)OC(C)(C)C)c1. The number of ether oxygens (including phenoxy) is 2. The van der Waals surface area contributed by atoms with Gasteiger partial charge in [-0.25, -0.2) is 4.79 Å². The number of amides is 3. The van der Waals surface area contributed by atoms with Gasteiger partial charge in [0.1, 0.15) is 11.4 Å². The average Bonchev–Trinajstić information content (AvgIpc) is 2.55. The number of hydrogen-bond donors (Lipinski definition) is 3. The molecule has 0 bridgehead atoms. The molecule has 1 aromatic rings. The highest BCUT2D eigenvalue weighted by Gasteiger charge is 2.16. The van der Waals surface area contributed by atoms with Gasteiger partial charge in [0.15, 0.2) is 0 Å². The number of carbonyl (C=O) groups excluding carboxylic acids is 3. The molecule has 0 aromatic heterocycles. The second kappa shape index (κ2) is 10.3. The molecular weight excluding hydrogens is 338 g/mol.